The molecule has 1 aliphatic rings. The monoisotopic (exact) mass is 388 g/mol. The molecule has 2 unspecified atom stereocenters. The Morgan fingerprint density at radius 1 is 1.19 bits per heavy atom. The van der Waals surface area contributed by atoms with Crippen molar-refractivity contribution in [3.63, 3.8) is 0 Å². The summed E-state index contributed by atoms with van der Waals surface area (Å²) in [6.07, 6.45) is 1.80. The van der Waals surface area contributed by atoms with E-state index < -0.39 is 17.6 Å². The van der Waals surface area contributed by atoms with E-state index in [1.54, 1.807) is 6.08 Å². The van der Waals surface area contributed by atoms with Crippen molar-refractivity contribution in [2.24, 2.45) is 0 Å². The Kier molecular flexibility index (Phi) is 8.29. The standard InChI is InChI=1S/C21H28F4O2/c1-3-5-6-7-16-9-8-15(19(20(16)22)21(23,24)25)10-11-17-12-13-18(14-27-17)26-4-2/h3,5,8-9,17-18H,4,6-7,10-14H2,1-2H3. The van der Waals surface area contributed by atoms with E-state index in [9.17, 15) is 17.6 Å². The van der Waals surface area contributed by atoms with E-state index in [1.807, 2.05) is 19.9 Å². The number of hydrogen-bond acceptors (Lipinski definition) is 2. The summed E-state index contributed by atoms with van der Waals surface area (Å²) >= 11 is 0. The molecule has 1 fully saturated rings. The maximum Gasteiger partial charge on any atom is 0.419 e. The zero-order valence-corrected chi connectivity index (χ0v) is 15.9. The van der Waals surface area contributed by atoms with E-state index in [0.29, 0.717) is 26.1 Å². The Labute approximate surface area is 158 Å². The van der Waals surface area contributed by atoms with E-state index in [4.69, 9.17) is 9.47 Å². The van der Waals surface area contributed by atoms with Crippen LogP contribution in [0.4, 0.5) is 17.6 Å². The van der Waals surface area contributed by atoms with Gasteiger partial charge in [0.05, 0.1) is 24.4 Å². The summed E-state index contributed by atoms with van der Waals surface area (Å²) < 4.78 is 66.2. The summed E-state index contributed by atoms with van der Waals surface area (Å²) in [6, 6.07) is 2.90. The van der Waals surface area contributed by atoms with Gasteiger partial charge in [-0.15, -0.1) is 0 Å². The Balaban J connectivity index is 2.06. The Morgan fingerprint density at radius 2 is 1.93 bits per heavy atom. The largest absolute Gasteiger partial charge is 0.419 e. The van der Waals surface area contributed by atoms with Crippen molar-refractivity contribution >= 4 is 0 Å². The molecule has 2 atom stereocenters. The van der Waals surface area contributed by atoms with Crippen LogP contribution >= 0.6 is 0 Å². The molecule has 1 heterocycles. The van der Waals surface area contributed by atoms with Crippen LogP contribution in [0.3, 0.4) is 0 Å². The van der Waals surface area contributed by atoms with Gasteiger partial charge < -0.3 is 9.47 Å². The molecule has 0 spiro atoms. The van der Waals surface area contributed by atoms with E-state index in [0.717, 1.165) is 12.8 Å². The highest BCUT2D eigenvalue weighted by Gasteiger charge is 2.37. The lowest BCUT2D eigenvalue weighted by Crippen LogP contribution is -2.31. The highest BCUT2D eigenvalue weighted by atomic mass is 19.4. The van der Waals surface area contributed by atoms with Gasteiger partial charge in [-0.25, -0.2) is 4.39 Å². The molecule has 2 nitrogen and oxygen atoms in total. The average Bonchev–Trinajstić information content (AvgIpc) is 2.62. The minimum Gasteiger partial charge on any atom is -0.376 e. The first kappa shape index (κ1) is 21.9. The van der Waals surface area contributed by atoms with Crippen LogP contribution in [0.5, 0.6) is 0 Å². The van der Waals surface area contributed by atoms with E-state index in [1.165, 1.54) is 12.1 Å². The minimum absolute atomic E-state index is 0.00492. The zero-order valence-electron chi connectivity index (χ0n) is 15.9. The number of alkyl halides is 3. The first-order chi connectivity index (χ1) is 12.9. The molecule has 6 heteroatoms. The lowest BCUT2D eigenvalue weighted by Gasteiger charge is -2.29. The molecule has 1 aromatic rings. The first-order valence-electron chi connectivity index (χ1n) is 9.58. The highest BCUT2D eigenvalue weighted by Crippen LogP contribution is 2.36. The van der Waals surface area contributed by atoms with Gasteiger partial charge in [-0.05, 0) is 63.5 Å². The zero-order chi connectivity index (χ0) is 19.9. The molecule has 152 valence electrons. The van der Waals surface area contributed by atoms with Gasteiger partial charge in [0, 0.05) is 6.61 Å². The summed E-state index contributed by atoms with van der Waals surface area (Å²) in [5.74, 6) is -1.13. The Bertz CT molecular complexity index is 617. The van der Waals surface area contributed by atoms with E-state index in [2.05, 4.69) is 0 Å². The van der Waals surface area contributed by atoms with Crippen LogP contribution in [0.2, 0.25) is 0 Å². The van der Waals surface area contributed by atoms with Crippen LogP contribution in [0.25, 0.3) is 0 Å². The Morgan fingerprint density at radius 3 is 2.52 bits per heavy atom. The molecular formula is C21H28F4O2. The number of rotatable bonds is 8. The summed E-state index contributed by atoms with van der Waals surface area (Å²) in [7, 11) is 0. The van der Waals surface area contributed by atoms with Crippen molar-refractivity contribution in [3.05, 3.63) is 46.8 Å². The molecule has 0 aromatic heterocycles. The van der Waals surface area contributed by atoms with Gasteiger partial charge in [-0.2, -0.15) is 13.2 Å². The molecule has 1 aromatic carbocycles. The topological polar surface area (TPSA) is 18.5 Å². The highest BCUT2D eigenvalue weighted by molar-refractivity contribution is 5.36. The van der Waals surface area contributed by atoms with Gasteiger partial charge in [0.1, 0.15) is 5.82 Å². The van der Waals surface area contributed by atoms with Crippen LogP contribution in [0, 0.1) is 5.82 Å². The second-order valence-corrected chi connectivity index (χ2v) is 6.83. The summed E-state index contributed by atoms with van der Waals surface area (Å²) in [5, 5.41) is 0. The average molecular weight is 388 g/mol. The third-order valence-electron chi connectivity index (χ3n) is 4.87. The molecule has 1 aliphatic heterocycles. The fourth-order valence-corrected chi connectivity index (χ4v) is 3.47. The predicted octanol–water partition coefficient (Wildman–Crippen LogP) is 5.87. The number of halogens is 4. The van der Waals surface area contributed by atoms with Gasteiger partial charge in [-0.3, -0.25) is 0 Å². The maximum atomic E-state index is 14.6. The Hall–Kier alpha value is -1.40. The number of ether oxygens (including phenoxy) is 2. The summed E-state index contributed by atoms with van der Waals surface area (Å²) in [5.41, 5.74) is -1.01. The number of allylic oxidation sites excluding steroid dienone is 2. The van der Waals surface area contributed by atoms with Crippen molar-refractivity contribution in [2.45, 2.75) is 70.8 Å². The van der Waals surface area contributed by atoms with Crippen molar-refractivity contribution < 1.29 is 27.0 Å². The second kappa shape index (κ2) is 10.2. The van der Waals surface area contributed by atoms with Gasteiger partial charge >= 0.3 is 6.18 Å². The molecule has 27 heavy (non-hydrogen) atoms. The van der Waals surface area contributed by atoms with Gasteiger partial charge in [-0.1, -0.05) is 24.3 Å². The molecule has 1 saturated heterocycles. The molecule has 0 aliphatic carbocycles. The smallest absolute Gasteiger partial charge is 0.376 e. The predicted molar refractivity (Wildman–Crippen MR) is 97.2 cm³/mol. The molecule has 0 amide bonds. The van der Waals surface area contributed by atoms with E-state index in [-0.39, 0.29) is 36.2 Å². The normalized spacial score (nSPS) is 21.1. The number of aryl methyl sites for hydroxylation is 2. The maximum absolute atomic E-state index is 14.6. The van der Waals surface area contributed by atoms with Gasteiger partial charge in [0.2, 0.25) is 0 Å². The SMILES string of the molecule is CC=CCCc1ccc(CCC2CCC(OCC)CO2)c(C(F)(F)F)c1F. The number of benzene rings is 1. The quantitative estimate of drug-likeness (QED) is 0.410. The van der Waals surface area contributed by atoms with Crippen LogP contribution in [0.15, 0.2) is 24.3 Å². The van der Waals surface area contributed by atoms with Crippen molar-refractivity contribution in [2.75, 3.05) is 13.2 Å². The van der Waals surface area contributed by atoms with Crippen LogP contribution in [0.1, 0.15) is 56.2 Å². The van der Waals surface area contributed by atoms with Crippen molar-refractivity contribution in [1.82, 2.24) is 0 Å². The molecule has 0 N–H and O–H groups in total. The van der Waals surface area contributed by atoms with Crippen LogP contribution < -0.4 is 0 Å². The third-order valence-corrected chi connectivity index (χ3v) is 4.87. The van der Waals surface area contributed by atoms with Gasteiger partial charge in [0.15, 0.2) is 0 Å². The first-order valence-corrected chi connectivity index (χ1v) is 9.58. The van der Waals surface area contributed by atoms with Gasteiger partial charge in [0.25, 0.3) is 0 Å². The molecule has 0 radical (unpaired) electrons. The summed E-state index contributed by atoms with van der Waals surface area (Å²) in [4.78, 5) is 0. The third kappa shape index (κ3) is 6.32. The van der Waals surface area contributed by atoms with Crippen molar-refractivity contribution in [3.8, 4) is 0 Å². The van der Waals surface area contributed by atoms with Crippen molar-refractivity contribution in [1.29, 1.82) is 0 Å². The molecule has 2 rings (SSSR count). The minimum atomic E-state index is -4.70. The lowest BCUT2D eigenvalue weighted by atomic mass is 9.94. The lowest BCUT2D eigenvalue weighted by molar-refractivity contribution is -0.140. The molecular weight excluding hydrogens is 360 g/mol. The fourth-order valence-electron chi connectivity index (χ4n) is 3.47. The molecule has 0 bridgehead atoms. The molecule has 0 saturated carbocycles. The number of hydrogen-bond donors (Lipinski definition) is 0. The van der Waals surface area contributed by atoms with Crippen LogP contribution in [-0.2, 0) is 28.5 Å². The fraction of sp³-hybridized carbons (Fsp3) is 0.619. The summed E-state index contributed by atoms with van der Waals surface area (Å²) in [6.45, 7) is 4.82. The second-order valence-electron chi connectivity index (χ2n) is 6.83. The van der Waals surface area contributed by atoms with E-state index >= 15 is 0 Å². The van der Waals surface area contributed by atoms with Crippen LogP contribution in [-0.4, -0.2) is 25.4 Å².